The number of hydrogen-bond donors (Lipinski definition) is 0. The van der Waals surface area contributed by atoms with Crippen LogP contribution >= 0.6 is 0 Å². The van der Waals surface area contributed by atoms with E-state index in [2.05, 4.69) is 41.0 Å². The normalized spacial score (nSPS) is 17.2. The van der Waals surface area contributed by atoms with Gasteiger partial charge in [0.25, 0.3) is 0 Å². The monoisotopic (exact) mass is 532 g/mol. The highest BCUT2D eigenvalue weighted by Crippen LogP contribution is 2.34. The molecule has 0 N–H and O–H groups in total. The van der Waals surface area contributed by atoms with E-state index in [9.17, 15) is 18.1 Å². The van der Waals surface area contributed by atoms with Gasteiger partial charge in [-0.2, -0.15) is 14.7 Å². The van der Waals surface area contributed by atoms with Gasteiger partial charge >= 0.3 is 0 Å². The number of benzene rings is 2. The van der Waals surface area contributed by atoms with Crippen LogP contribution in [0.2, 0.25) is 0 Å². The Hall–Kier alpha value is -3.65. The second-order valence-electron chi connectivity index (χ2n) is 10.0. The minimum atomic E-state index is -3.91. The predicted octanol–water partition coefficient (Wildman–Crippen LogP) is 4.44. The number of pyridine rings is 1. The maximum Gasteiger partial charge on any atom is 0.246 e. The van der Waals surface area contributed by atoms with Crippen molar-refractivity contribution in [2.75, 3.05) is 26.2 Å². The van der Waals surface area contributed by atoms with E-state index in [1.807, 2.05) is 13.0 Å². The molecule has 1 fully saturated rings. The molecular formula is C28H29FN6O2S. The Kier molecular flexibility index (Phi) is 7.01. The SMILES string of the molecule is Cc1cc2c(cnn2-c2ccc(F)cc2)cc1C1CN(S(=O)(=O)c2cccnc2C#N)CCN1CC(C)C. The lowest BCUT2D eigenvalue weighted by Crippen LogP contribution is -2.51. The molecule has 1 aliphatic rings. The van der Waals surface area contributed by atoms with E-state index in [1.54, 1.807) is 23.0 Å². The standard InChI is InChI=1S/C28H29FN6O2S/c1-19(2)17-33-11-12-34(38(36,37)28-5-4-10-31-25(28)15-30)18-27(33)24-14-21-16-32-35(26(21)13-20(24)3)23-8-6-22(29)7-9-23/h4-10,13-14,16,19,27H,11-12,17-18H2,1-3H3. The van der Waals surface area contributed by atoms with Crippen LogP contribution in [0.1, 0.15) is 36.7 Å². The highest BCUT2D eigenvalue weighted by atomic mass is 32.2. The number of halogens is 1. The van der Waals surface area contributed by atoms with Crippen LogP contribution in [0.5, 0.6) is 0 Å². The maximum atomic E-state index is 13.6. The number of rotatable bonds is 6. The van der Waals surface area contributed by atoms with E-state index >= 15 is 0 Å². The topological polar surface area (TPSA) is 95.1 Å². The van der Waals surface area contributed by atoms with Gasteiger partial charge in [-0.05, 0) is 72.5 Å². The van der Waals surface area contributed by atoms with E-state index in [4.69, 9.17) is 0 Å². The Morgan fingerprint density at radius 2 is 1.92 bits per heavy atom. The number of aryl methyl sites for hydroxylation is 1. The quantitative estimate of drug-likeness (QED) is 0.364. The molecule has 0 radical (unpaired) electrons. The lowest BCUT2D eigenvalue weighted by Gasteiger charge is -2.42. The van der Waals surface area contributed by atoms with Gasteiger partial charge in [0, 0.05) is 43.8 Å². The molecule has 0 aliphatic carbocycles. The molecule has 4 aromatic rings. The van der Waals surface area contributed by atoms with Crippen LogP contribution in [-0.4, -0.2) is 58.6 Å². The zero-order valence-corrected chi connectivity index (χ0v) is 22.4. The summed E-state index contributed by atoms with van der Waals surface area (Å²) in [6, 6.07) is 15.0. The fraction of sp³-hybridized carbons (Fsp3) is 0.321. The van der Waals surface area contributed by atoms with Gasteiger partial charge in [0.2, 0.25) is 10.0 Å². The fourth-order valence-corrected chi connectivity index (χ4v) is 6.69. The summed E-state index contributed by atoms with van der Waals surface area (Å²) >= 11 is 0. The fourth-order valence-electron chi connectivity index (χ4n) is 5.16. The minimum Gasteiger partial charge on any atom is -0.293 e. The number of fused-ring (bicyclic) bond motifs is 1. The van der Waals surface area contributed by atoms with E-state index in [1.165, 1.54) is 34.8 Å². The van der Waals surface area contributed by atoms with Crippen molar-refractivity contribution in [3.8, 4) is 11.8 Å². The highest BCUT2D eigenvalue weighted by Gasteiger charge is 2.37. The van der Waals surface area contributed by atoms with Gasteiger partial charge in [-0.1, -0.05) is 13.8 Å². The largest absolute Gasteiger partial charge is 0.293 e. The zero-order chi connectivity index (χ0) is 27.0. The van der Waals surface area contributed by atoms with Crippen molar-refractivity contribution < 1.29 is 12.8 Å². The number of hydrogen-bond acceptors (Lipinski definition) is 6. The Labute approximate surface area is 222 Å². The Bertz CT molecular complexity index is 1630. The maximum absolute atomic E-state index is 13.6. The highest BCUT2D eigenvalue weighted by molar-refractivity contribution is 7.89. The van der Waals surface area contributed by atoms with Gasteiger partial charge in [-0.15, -0.1) is 0 Å². The summed E-state index contributed by atoms with van der Waals surface area (Å²) in [5.74, 6) is 0.0911. The van der Waals surface area contributed by atoms with Crippen LogP contribution in [0.4, 0.5) is 4.39 Å². The Morgan fingerprint density at radius 3 is 2.63 bits per heavy atom. The molecule has 3 heterocycles. The van der Waals surface area contributed by atoms with Gasteiger partial charge in [-0.25, -0.2) is 22.5 Å². The number of aromatic nitrogens is 3. The lowest BCUT2D eigenvalue weighted by molar-refractivity contribution is 0.105. The molecule has 8 nitrogen and oxygen atoms in total. The summed E-state index contributed by atoms with van der Waals surface area (Å²) in [5, 5.41) is 14.9. The Balaban J connectivity index is 1.54. The molecule has 2 aromatic heterocycles. The van der Waals surface area contributed by atoms with Crippen LogP contribution in [0.25, 0.3) is 16.6 Å². The van der Waals surface area contributed by atoms with Crippen LogP contribution in [0.3, 0.4) is 0 Å². The number of nitrogens with zero attached hydrogens (tertiary/aromatic N) is 6. The van der Waals surface area contributed by atoms with Crippen molar-refractivity contribution in [2.45, 2.75) is 31.7 Å². The number of piperazine rings is 1. The summed E-state index contributed by atoms with van der Waals surface area (Å²) in [6.07, 6.45) is 3.20. The predicted molar refractivity (Wildman–Crippen MR) is 143 cm³/mol. The van der Waals surface area contributed by atoms with Crippen molar-refractivity contribution in [1.82, 2.24) is 24.0 Å². The van der Waals surface area contributed by atoms with Crippen molar-refractivity contribution in [3.63, 3.8) is 0 Å². The first-order valence-corrected chi connectivity index (χ1v) is 14.0. The van der Waals surface area contributed by atoms with Gasteiger partial charge in [0.1, 0.15) is 16.8 Å². The van der Waals surface area contributed by atoms with Gasteiger partial charge < -0.3 is 0 Å². The molecule has 0 bridgehead atoms. The molecule has 5 rings (SSSR count). The second kappa shape index (κ2) is 10.3. The molecule has 1 saturated heterocycles. The number of sulfonamides is 1. The number of nitriles is 1. The summed E-state index contributed by atoms with van der Waals surface area (Å²) in [7, 11) is -3.91. The summed E-state index contributed by atoms with van der Waals surface area (Å²) in [4.78, 5) is 6.24. The average Bonchev–Trinajstić information content (AvgIpc) is 3.31. The summed E-state index contributed by atoms with van der Waals surface area (Å²) in [5.41, 5.74) is 3.60. The molecule has 38 heavy (non-hydrogen) atoms. The molecule has 0 spiro atoms. The van der Waals surface area contributed by atoms with Crippen LogP contribution in [-0.2, 0) is 10.0 Å². The third-order valence-electron chi connectivity index (χ3n) is 6.93. The van der Waals surface area contributed by atoms with Crippen LogP contribution in [0.15, 0.2) is 65.8 Å². The third kappa shape index (κ3) is 4.80. The molecule has 1 unspecified atom stereocenters. The van der Waals surface area contributed by atoms with Crippen molar-refractivity contribution in [2.24, 2.45) is 5.92 Å². The van der Waals surface area contributed by atoms with Crippen LogP contribution in [0, 0.1) is 30.0 Å². The van der Waals surface area contributed by atoms with E-state index in [0.717, 1.165) is 34.3 Å². The molecule has 10 heteroatoms. The zero-order valence-electron chi connectivity index (χ0n) is 21.5. The summed E-state index contributed by atoms with van der Waals surface area (Å²) in [6.45, 7) is 8.29. The van der Waals surface area contributed by atoms with E-state index < -0.39 is 10.0 Å². The van der Waals surface area contributed by atoms with E-state index in [0.29, 0.717) is 19.0 Å². The van der Waals surface area contributed by atoms with Gasteiger partial charge in [0.05, 0.1) is 17.4 Å². The lowest BCUT2D eigenvalue weighted by atomic mass is 9.96. The Morgan fingerprint density at radius 1 is 1.16 bits per heavy atom. The smallest absolute Gasteiger partial charge is 0.246 e. The van der Waals surface area contributed by atoms with Crippen molar-refractivity contribution in [1.29, 1.82) is 5.26 Å². The van der Waals surface area contributed by atoms with Gasteiger partial charge in [-0.3, -0.25) is 4.90 Å². The second-order valence-corrected chi connectivity index (χ2v) is 11.9. The first kappa shape index (κ1) is 26.0. The third-order valence-corrected chi connectivity index (χ3v) is 8.83. The average molecular weight is 533 g/mol. The molecule has 2 aromatic carbocycles. The molecule has 0 amide bonds. The van der Waals surface area contributed by atoms with Crippen LogP contribution < -0.4 is 0 Å². The van der Waals surface area contributed by atoms with Crippen molar-refractivity contribution in [3.05, 3.63) is 83.6 Å². The summed E-state index contributed by atoms with van der Waals surface area (Å²) < 4.78 is 44.0. The molecule has 1 aliphatic heterocycles. The molecule has 196 valence electrons. The van der Waals surface area contributed by atoms with Gasteiger partial charge in [0.15, 0.2) is 5.69 Å². The minimum absolute atomic E-state index is 0.0636. The van der Waals surface area contributed by atoms with E-state index in [-0.39, 0.29) is 29.0 Å². The first-order chi connectivity index (χ1) is 18.2. The van der Waals surface area contributed by atoms with Crippen molar-refractivity contribution >= 4 is 20.9 Å². The molecule has 1 atom stereocenters. The first-order valence-electron chi connectivity index (χ1n) is 12.5. The molecule has 0 saturated carbocycles. The molecular weight excluding hydrogens is 503 g/mol.